The van der Waals surface area contributed by atoms with Gasteiger partial charge in [0.2, 0.25) is 11.0 Å². The van der Waals surface area contributed by atoms with Gasteiger partial charge in [-0.2, -0.15) is 4.37 Å². The van der Waals surface area contributed by atoms with Crippen molar-refractivity contribution in [1.29, 1.82) is 0 Å². The van der Waals surface area contributed by atoms with E-state index < -0.39 is 0 Å². The highest BCUT2D eigenvalue weighted by Gasteiger charge is 2.24. The van der Waals surface area contributed by atoms with Crippen molar-refractivity contribution in [1.82, 2.24) is 14.3 Å². The van der Waals surface area contributed by atoms with Crippen LogP contribution >= 0.6 is 11.5 Å². The summed E-state index contributed by atoms with van der Waals surface area (Å²) in [5.41, 5.74) is 2.51. The Labute approximate surface area is 171 Å². The van der Waals surface area contributed by atoms with Crippen molar-refractivity contribution < 1.29 is 4.79 Å². The Kier molecular flexibility index (Phi) is 6.25. The highest BCUT2D eigenvalue weighted by atomic mass is 32.1. The first-order valence-electron chi connectivity index (χ1n) is 10.6. The molecule has 0 radical (unpaired) electrons. The minimum Gasteiger partial charge on any atom is -0.343 e. The molecule has 4 rings (SSSR count). The number of aromatic nitrogens is 2. The van der Waals surface area contributed by atoms with E-state index in [2.05, 4.69) is 40.5 Å². The van der Waals surface area contributed by atoms with Gasteiger partial charge in [0.25, 0.3) is 0 Å². The molecule has 2 heterocycles. The van der Waals surface area contributed by atoms with Gasteiger partial charge in [0.1, 0.15) is 5.82 Å². The number of nitrogens with zero attached hydrogens (tertiary/aromatic N) is 4. The number of aryl methyl sites for hydroxylation is 1. The van der Waals surface area contributed by atoms with Crippen molar-refractivity contribution in [3.8, 4) is 0 Å². The van der Waals surface area contributed by atoms with Crippen LogP contribution in [-0.4, -0.2) is 46.3 Å². The Hall–Kier alpha value is -1.95. The van der Waals surface area contributed by atoms with E-state index in [9.17, 15) is 4.79 Å². The van der Waals surface area contributed by atoms with E-state index in [1.54, 1.807) is 0 Å². The van der Waals surface area contributed by atoms with Gasteiger partial charge in [-0.25, -0.2) is 4.98 Å². The molecule has 0 bridgehead atoms. The molecule has 1 saturated carbocycles. The molecule has 0 unspecified atom stereocenters. The van der Waals surface area contributed by atoms with Crippen LogP contribution in [0.3, 0.4) is 0 Å². The van der Waals surface area contributed by atoms with Crippen molar-refractivity contribution in [2.75, 3.05) is 31.1 Å². The van der Waals surface area contributed by atoms with Crippen LogP contribution in [0.15, 0.2) is 24.3 Å². The quantitative estimate of drug-likeness (QED) is 0.736. The topological polar surface area (TPSA) is 49.3 Å². The second kappa shape index (κ2) is 9.03. The van der Waals surface area contributed by atoms with E-state index in [4.69, 9.17) is 4.98 Å². The van der Waals surface area contributed by atoms with Crippen molar-refractivity contribution in [3.63, 3.8) is 0 Å². The summed E-state index contributed by atoms with van der Waals surface area (Å²) in [6.45, 7) is 5.41. The molecule has 150 valence electrons. The van der Waals surface area contributed by atoms with E-state index in [0.717, 1.165) is 62.3 Å². The van der Waals surface area contributed by atoms with Crippen LogP contribution < -0.4 is 4.90 Å². The van der Waals surface area contributed by atoms with Crippen molar-refractivity contribution in [2.45, 2.75) is 51.9 Å². The number of anilines is 1. The van der Waals surface area contributed by atoms with Gasteiger partial charge < -0.3 is 9.80 Å². The van der Waals surface area contributed by atoms with Gasteiger partial charge in [-0.1, -0.05) is 55.5 Å². The lowest BCUT2D eigenvalue weighted by atomic mass is 10.0. The highest BCUT2D eigenvalue weighted by Crippen LogP contribution is 2.29. The molecular formula is C22H30N4OS. The zero-order chi connectivity index (χ0) is 19.3. The van der Waals surface area contributed by atoms with E-state index in [1.807, 2.05) is 4.90 Å². The Morgan fingerprint density at radius 2 is 1.82 bits per heavy atom. The summed E-state index contributed by atoms with van der Waals surface area (Å²) < 4.78 is 4.55. The second-order valence-electron chi connectivity index (χ2n) is 8.21. The summed E-state index contributed by atoms with van der Waals surface area (Å²) >= 11 is 1.48. The van der Waals surface area contributed by atoms with E-state index >= 15 is 0 Å². The fourth-order valence-electron chi connectivity index (χ4n) is 4.27. The van der Waals surface area contributed by atoms with Crippen molar-refractivity contribution in [3.05, 3.63) is 41.2 Å². The second-order valence-corrected chi connectivity index (χ2v) is 8.94. The summed E-state index contributed by atoms with van der Waals surface area (Å²) in [5.74, 6) is 2.02. The number of amides is 1. The van der Waals surface area contributed by atoms with Crippen LogP contribution in [0.25, 0.3) is 0 Å². The van der Waals surface area contributed by atoms with Crippen LogP contribution in [0.5, 0.6) is 0 Å². The Morgan fingerprint density at radius 1 is 1.11 bits per heavy atom. The Bertz CT molecular complexity index is 774. The molecular weight excluding hydrogens is 368 g/mol. The zero-order valence-electron chi connectivity index (χ0n) is 16.8. The minimum atomic E-state index is 0.337. The molecule has 2 aromatic rings. The normalized spacial score (nSPS) is 18.0. The monoisotopic (exact) mass is 398 g/mol. The van der Waals surface area contributed by atoms with E-state index in [1.165, 1.54) is 48.3 Å². The molecule has 2 aliphatic rings. The average Bonchev–Trinajstić information content (AvgIpc) is 3.40. The highest BCUT2D eigenvalue weighted by molar-refractivity contribution is 7.09. The maximum absolute atomic E-state index is 12.5. The number of hydrogen-bond donors (Lipinski definition) is 0. The fourth-order valence-corrected chi connectivity index (χ4v) is 5.00. The summed E-state index contributed by atoms with van der Waals surface area (Å²) in [4.78, 5) is 21.6. The van der Waals surface area contributed by atoms with Crippen molar-refractivity contribution in [2.24, 2.45) is 5.92 Å². The molecule has 1 aliphatic carbocycles. The van der Waals surface area contributed by atoms with Crippen LogP contribution in [0, 0.1) is 12.8 Å². The summed E-state index contributed by atoms with van der Waals surface area (Å²) in [6.07, 6.45) is 7.93. The van der Waals surface area contributed by atoms with Gasteiger partial charge >= 0.3 is 0 Å². The number of piperazine rings is 1. The summed E-state index contributed by atoms with van der Waals surface area (Å²) in [6, 6.07) is 8.55. The molecule has 0 spiro atoms. The van der Waals surface area contributed by atoms with Gasteiger partial charge in [-0.3, -0.25) is 4.79 Å². The molecule has 6 heteroatoms. The molecule has 1 aromatic carbocycles. The molecule has 0 N–H and O–H groups in total. The maximum atomic E-state index is 12.5. The molecule has 1 aliphatic heterocycles. The molecule has 1 amide bonds. The number of carbonyl (C=O) groups is 1. The Morgan fingerprint density at radius 3 is 2.54 bits per heavy atom. The number of carbonyl (C=O) groups excluding carboxylic acids is 1. The minimum absolute atomic E-state index is 0.337. The third-order valence-electron chi connectivity index (χ3n) is 6.08. The van der Waals surface area contributed by atoms with Gasteiger partial charge in [0.15, 0.2) is 0 Å². The largest absolute Gasteiger partial charge is 0.343 e. The lowest BCUT2D eigenvalue weighted by Crippen LogP contribution is -2.48. The lowest BCUT2D eigenvalue weighted by Gasteiger charge is -2.34. The standard InChI is InChI=1S/C22H30N4OS/c1-17-6-8-19(9-7-17)16-20-23-22(28-24-20)26-14-12-25(13-15-26)21(27)11-10-18-4-2-3-5-18/h6-9,18H,2-5,10-16H2,1H3. The molecule has 1 aromatic heterocycles. The average molecular weight is 399 g/mol. The van der Waals surface area contributed by atoms with Crippen LogP contribution in [0.4, 0.5) is 5.13 Å². The predicted molar refractivity (Wildman–Crippen MR) is 114 cm³/mol. The Balaban J connectivity index is 1.25. The van der Waals surface area contributed by atoms with E-state index in [-0.39, 0.29) is 0 Å². The van der Waals surface area contributed by atoms with Gasteiger partial charge in [-0.15, -0.1) is 0 Å². The van der Waals surface area contributed by atoms with Crippen LogP contribution in [-0.2, 0) is 11.2 Å². The molecule has 1 saturated heterocycles. The zero-order valence-corrected chi connectivity index (χ0v) is 17.6. The molecule has 0 atom stereocenters. The SMILES string of the molecule is Cc1ccc(Cc2nsc(N3CCN(C(=O)CCC4CCCC4)CC3)n2)cc1. The van der Waals surface area contributed by atoms with Crippen LogP contribution in [0.1, 0.15) is 55.5 Å². The van der Waals surface area contributed by atoms with Gasteiger partial charge in [-0.05, 0) is 24.8 Å². The number of rotatable bonds is 6. The van der Waals surface area contributed by atoms with Gasteiger partial charge in [0, 0.05) is 50.6 Å². The maximum Gasteiger partial charge on any atom is 0.222 e. The first-order valence-corrected chi connectivity index (χ1v) is 11.4. The lowest BCUT2D eigenvalue weighted by molar-refractivity contribution is -0.131. The predicted octanol–water partition coefficient (Wildman–Crippen LogP) is 4.06. The molecule has 28 heavy (non-hydrogen) atoms. The first-order chi connectivity index (χ1) is 13.7. The van der Waals surface area contributed by atoms with Gasteiger partial charge in [0.05, 0.1) is 0 Å². The third-order valence-corrected chi connectivity index (χ3v) is 6.90. The third kappa shape index (κ3) is 4.90. The van der Waals surface area contributed by atoms with E-state index in [0.29, 0.717) is 5.91 Å². The fraction of sp³-hybridized carbons (Fsp3) is 0.591. The molecule has 5 nitrogen and oxygen atoms in total. The van der Waals surface area contributed by atoms with Crippen molar-refractivity contribution >= 4 is 22.6 Å². The molecule has 2 fully saturated rings. The smallest absolute Gasteiger partial charge is 0.222 e. The number of benzene rings is 1. The summed E-state index contributed by atoms with van der Waals surface area (Å²) in [7, 11) is 0. The number of hydrogen-bond acceptors (Lipinski definition) is 5. The first kappa shape index (κ1) is 19.4. The van der Waals surface area contributed by atoms with Crippen LogP contribution in [0.2, 0.25) is 0 Å². The summed E-state index contributed by atoms with van der Waals surface area (Å²) in [5, 5.41) is 0.986.